The average molecular weight is 225 g/mol. The van der Waals surface area contributed by atoms with Gasteiger partial charge in [-0.25, -0.2) is 9.50 Å². The van der Waals surface area contributed by atoms with Gasteiger partial charge >= 0.3 is 0 Å². The van der Waals surface area contributed by atoms with E-state index in [0.717, 1.165) is 5.56 Å². The number of imidazole rings is 1. The second kappa shape index (κ2) is 3.51. The van der Waals surface area contributed by atoms with Gasteiger partial charge in [-0.15, -0.1) is 0 Å². The first-order valence-electron chi connectivity index (χ1n) is 4.36. The van der Waals surface area contributed by atoms with Crippen molar-refractivity contribution in [3.8, 4) is 0 Å². The average Bonchev–Trinajstić information content (AvgIpc) is 2.46. The molecule has 2 aromatic rings. The summed E-state index contributed by atoms with van der Waals surface area (Å²) in [5.41, 5.74) is 7.17. The lowest BCUT2D eigenvalue weighted by Gasteiger charge is -1.96. The van der Waals surface area contributed by atoms with Crippen LogP contribution >= 0.6 is 11.6 Å². The van der Waals surface area contributed by atoms with Crippen LogP contribution in [0.5, 0.6) is 0 Å². The number of hydrogen-bond acceptors (Lipinski definition) is 3. The molecule has 0 aromatic carbocycles. The molecule has 6 heteroatoms. The maximum absolute atomic E-state index is 10.7. The number of fused-ring (bicyclic) bond motifs is 1. The molecule has 15 heavy (non-hydrogen) atoms. The maximum Gasteiger partial charge on any atom is 0.223 e. The van der Waals surface area contributed by atoms with Crippen LogP contribution in [-0.2, 0) is 11.2 Å². The summed E-state index contributed by atoms with van der Waals surface area (Å²) in [6, 6.07) is 1.81. The van der Waals surface area contributed by atoms with Crippen LogP contribution in [0.1, 0.15) is 11.3 Å². The standard InChI is InChI=1S/C9H9ClN4O/c1-5-2-8-12-6(3-7(11)15)4-14(8)13-9(5)10/h2,4H,3H2,1H3,(H2,11,15). The first-order chi connectivity index (χ1) is 7.06. The number of aromatic nitrogens is 3. The zero-order valence-electron chi connectivity index (χ0n) is 8.07. The zero-order chi connectivity index (χ0) is 11.0. The lowest BCUT2D eigenvalue weighted by Crippen LogP contribution is -2.13. The van der Waals surface area contributed by atoms with Gasteiger partial charge in [0.2, 0.25) is 5.91 Å². The maximum atomic E-state index is 10.7. The summed E-state index contributed by atoms with van der Waals surface area (Å²) in [6.07, 6.45) is 1.76. The highest BCUT2D eigenvalue weighted by Gasteiger charge is 2.07. The molecule has 0 radical (unpaired) electrons. The second-order valence-electron chi connectivity index (χ2n) is 3.30. The Morgan fingerprint density at radius 2 is 2.40 bits per heavy atom. The number of carbonyl (C=O) groups excluding carboxylic acids is 1. The first kappa shape index (κ1) is 9.92. The zero-order valence-corrected chi connectivity index (χ0v) is 8.82. The van der Waals surface area contributed by atoms with Crippen LogP contribution in [0.25, 0.3) is 5.65 Å². The van der Waals surface area contributed by atoms with Crippen molar-refractivity contribution >= 4 is 23.2 Å². The lowest BCUT2D eigenvalue weighted by molar-refractivity contribution is -0.117. The van der Waals surface area contributed by atoms with E-state index in [1.165, 1.54) is 4.52 Å². The number of halogens is 1. The van der Waals surface area contributed by atoms with Crippen LogP contribution in [0.3, 0.4) is 0 Å². The molecule has 0 fully saturated rings. The molecule has 1 amide bonds. The Kier molecular flexibility index (Phi) is 2.32. The van der Waals surface area contributed by atoms with Crippen LogP contribution in [0.15, 0.2) is 12.3 Å². The smallest absolute Gasteiger partial charge is 0.223 e. The van der Waals surface area contributed by atoms with Crippen LogP contribution < -0.4 is 5.73 Å². The number of aryl methyl sites for hydroxylation is 1. The van der Waals surface area contributed by atoms with Crippen LogP contribution in [0, 0.1) is 6.92 Å². The van der Waals surface area contributed by atoms with E-state index in [1.54, 1.807) is 12.3 Å². The van der Waals surface area contributed by atoms with Crippen molar-refractivity contribution in [3.05, 3.63) is 28.7 Å². The van der Waals surface area contributed by atoms with Gasteiger partial charge in [-0.05, 0) is 18.6 Å². The van der Waals surface area contributed by atoms with Crippen molar-refractivity contribution in [2.75, 3.05) is 0 Å². The third-order valence-corrected chi connectivity index (χ3v) is 2.36. The topological polar surface area (TPSA) is 73.3 Å². The minimum Gasteiger partial charge on any atom is -0.369 e. The molecule has 0 atom stereocenters. The molecule has 78 valence electrons. The van der Waals surface area contributed by atoms with Crippen LogP contribution in [-0.4, -0.2) is 20.5 Å². The lowest BCUT2D eigenvalue weighted by atomic mass is 10.3. The van der Waals surface area contributed by atoms with E-state index in [-0.39, 0.29) is 6.42 Å². The molecule has 0 spiro atoms. The van der Waals surface area contributed by atoms with Gasteiger partial charge in [0.1, 0.15) is 0 Å². The third kappa shape index (κ3) is 1.92. The number of carbonyl (C=O) groups is 1. The van der Waals surface area contributed by atoms with Crippen molar-refractivity contribution in [2.24, 2.45) is 5.73 Å². The Hall–Kier alpha value is -1.62. The number of nitrogens with zero attached hydrogens (tertiary/aromatic N) is 3. The summed E-state index contributed by atoms with van der Waals surface area (Å²) >= 11 is 5.85. The monoisotopic (exact) mass is 224 g/mol. The first-order valence-corrected chi connectivity index (χ1v) is 4.74. The Morgan fingerprint density at radius 1 is 1.67 bits per heavy atom. The minimum atomic E-state index is -0.416. The van der Waals surface area contributed by atoms with Crippen molar-refractivity contribution in [1.82, 2.24) is 14.6 Å². The van der Waals surface area contributed by atoms with Gasteiger partial charge in [-0.2, -0.15) is 5.10 Å². The normalized spacial score (nSPS) is 10.8. The van der Waals surface area contributed by atoms with Crippen molar-refractivity contribution in [2.45, 2.75) is 13.3 Å². The van der Waals surface area contributed by atoms with Gasteiger partial charge in [0.05, 0.1) is 18.3 Å². The molecule has 0 aliphatic rings. The summed E-state index contributed by atoms with van der Waals surface area (Å²) in [5, 5.41) is 4.49. The number of amides is 1. The summed E-state index contributed by atoms with van der Waals surface area (Å²) < 4.78 is 1.54. The van der Waals surface area contributed by atoms with E-state index in [2.05, 4.69) is 10.1 Å². The highest BCUT2D eigenvalue weighted by atomic mass is 35.5. The molecule has 2 aromatic heterocycles. The van der Waals surface area contributed by atoms with Crippen molar-refractivity contribution in [3.63, 3.8) is 0 Å². The van der Waals surface area contributed by atoms with Gasteiger partial charge in [0.15, 0.2) is 10.8 Å². The Bertz CT molecular complexity index is 495. The molecule has 2 rings (SSSR count). The van der Waals surface area contributed by atoms with E-state index in [4.69, 9.17) is 17.3 Å². The molecule has 0 saturated heterocycles. The van der Waals surface area contributed by atoms with Crippen LogP contribution in [0.2, 0.25) is 5.15 Å². The summed E-state index contributed by atoms with van der Waals surface area (Å²) in [5.74, 6) is -0.416. The van der Waals surface area contributed by atoms with Gasteiger partial charge in [-0.3, -0.25) is 4.79 Å². The number of hydrogen-bond donors (Lipinski definition) is 1. The highest BCUT2D eigenvalue weighted by molar-refractivity contribution is 6.30. The minimum absolute atomic E-state index is 0.111. The predicted molar refractivity (Wildman–Crippen MR) is 55.6 cm³/mol. The third-order valence-electron chi connectivity index (χ3n) is 1.99. The Morgan fingerprint density at radius 3 is 3.07 bits per heavy atom. The molecule has 0 saturated carbocycles. The fourth-order valence-electron chi connectivity index (χ4n) is 1.30. The molecular formula is C9H9ClN4O. The van der Waals surface area contributed by atoms with Crippen molar-refractivity contribution < 1.29 is 4.79 Å². The van der Waals surface area contributed by atoms with E-state index >= 15 is 0 Å². The SMILES string of the molecule is Cc1cc2nc(CC(N)=O)cn2nc1Cl. The molecule has 0 unspecified atom stereocenters. The molecule has 2 N–H and O–H groups in total. The quantitative estimate of drug-likeness (QED) is 0.817. The molecule has 5 nitrogen and oxygen atoms in total. The number of primary amides is 1. The molecule has 0 aliphatic heterocycles. The molecular weight excluding hydrogens is 216 g/mol. The number of nitrogens with two attached hydrogens (primary N) is 1. The highest BCUT2D eigenvalue weighted by Crippen LogP contribution is 2.14. The Balaban J connectivity index is 2.51. The van der Waals surface area contributed by atoms with E-state index in [1.807, 2.05) is 6.92 Å². The Labute approximate surface area is 90.9 Å². The van der Waals surface area contributed by atoms with E-state index < -0.39 is 5.91 Å². The largest absolute Gasteiger partial charge is 0.369 e. The predicted octanol–water partition coefficient (Wildman–Crippen LogP) is 0.719. The fourth-order valence-corrected chi connectivity index (χ4v) is 1.44. The van der Waals surface area contributed by atoms with Gasteiger partial charge in [0.25, 0.3) is 0 Å². The van der Waals surface area contributed by atoms with E-state index in [0.29, 0.717) is 16.5 Å². The van der Waals surface area contributed by atoms with Crippen LogP contribution in [0.4, 0.5) is 0 Å². The number of rotatable bonds is 2. The molecule has 0 bridgehead atoms. The second-order valence-corrected chi connectivity index (χ2v) is 3.65. The molecule has 0 aliphatic carbocycles. The van der Waals surface area contributed by atoms with Gasteiger partial charge in [0, 0.05) is 0 Å². The fraction of sp³-hybridized carbons (Fsp3) is 0.222. The molecule has 2 heterocycles. The van der Waals surface area contributed by atoms with Gasteiger partial charge < -0.3 is 5.73 Å². The summed E-state index contributed by atoms with van der Waals surface area (Å²) in [6.45, 7) is 1.85. The summed E-state index contributed by atoms with van der Waals surface area (Å²) in [4.78, 5) is 14.9. The van der Waals surface area contributed by atoms with Gasteiger partial charge in [-0.1, -0.05) is 11.6 Å². The summed E-state index contributed by atoms with van der Waals surface area (Å²) in [7, 11) is 0. The van der Waals surface area contributed by atoms with Crippen molar-refractivity contribution in [1.29, 1.82) is 0 Å². The van der Waals surface area contributed by atoms with E-state index in [9.17, 15) is 4.79 Å².